The molecule has 0 amide bonds. The van der Waals surface area contributed by atoms with Crippen LogP contribution in [0, 0.1) is 3.57 Å². The van der Waals surface area contributed by atoms with Crippen LogP contribution in [0.5, 0.6) is 0 Å². The van der Waals surface area contributed by atoms with Gasteiger partial charge < -0.3 is 9.73 Å². The summed E-state index contributed by atoms with van der Waals surface area (Å²) in [7, 11) is 0. The molecule has 1 heterocycles. The molecule has 1 N–H and O–H groups in total. The van der Waals surface area contributed by atoms with Crippen molar-refractivity contribution in [1.82, 2.24) is 5.32 Å². The first-order valence-electron chi connectivity index (χ1n) is 6.86. The third kappa shape index (κ3) is 3.17. The summed E-state index contributed by atoms with van der Waals surface area (Å²) in [6.45, 7) is 2.98. The van der Waals surface area contributed by atoms with Crippen molar-refractivity contribution in [2.45, 2.75) is 13.0 Å². The van der Waals surface area contributed by atoms with Crippen LogP contribution >= 0.6 is 38.5 Å². The van der Waals surface area contributed by atoms with E-state index < -0.39 is 0 Å². The largest absolute Gasteiger partial charge is 0.459 e. The Morgan fingerprint density at radius 3 is 2.76 bits per heavy atom. The third-order valence-electron chi connectivity index (χ3n) is 3.41. The van der Waals surface area contributed by atoms with E-state index in [0.717, 1.165) is 27.7 Å². The van der Waals surface area contributed by atoms with Crippen molar-refractivity contribution in [1.29, 1.82) is 0 Å². The molecule has 3 aromatic rings. The summed E-state index contributed by atoms with van der Waals surface area (Å²) in [5.74, 6) is 0.945. The van der Waals surface area contributed by atoms with Gasteiger partial charge in [0.1, 0.15) is 11.3 Å². The van der Waals surface area contributed by atoms with Gasteiger partial charge in [-0.1, -0.05) is 41.1 Å². The van der Waals surface area contributed by atoms with Gasteiger partial charge in [0.15, 0.2) is 0 Å². The van der Waals surface area contributed by atoms with Crippen LogP contribution in [0.2, 0.25) is 0 Å². The average molecular weight is 456 g/mol. The zero-order chi connectivity index (χ0) is 14.8. The van der Waals surface area contributed by atoms with E-state index in [0.29, 0.717) is 0 Å². The highest BCUT2D eigenvalue weighted by Crippen LogP contribution is 2.33. The van der Waals surface area contributed by atoms with E-state index in [2.05, 4.69) is 81.1 Å². The highest BCUT2D eigenvalue weighted by molar-refractivity contribution is 14.1. The zero-order valence-corrected chi connectivity index (χ0v) is 15.3. The van der Waals surface area contributed by atoms with Crippen LogP contribution < -0.4 is 5.32 Å². The molecule has 4 heteroatoms. The Morgan fingerprint density at radius 2 is 2.00 bits per heavy atom. The second-order valence-corrected chi connectivity index (χ2v) is 6.94. The fourth-order valence-electron chi connectivity index (χ4n) is 2.45. The minimum atomic E-state index is 0.0477. The number of hydrogen-bond donors (Lipinski definition) is 1. The predicted molar refractivity (Wildman–Crippen MR) is 98.6 cm³/mol. The summed E-state index contributed by atoms with van der Waals surface area (Å²) in [4.78, 5) is 0. The number of halogens is 2. The lowest BCUT2D eigenvalue weighted by Crippen LogP contribution is -2.22. The van der Waals surface area contributed by atoms with Gasteiger partial charge in [0.2, 0.25) is 0 Å². The van der Waals surface area contributed by atoms with Crippen LogP contribution in [0.4, 0.5) is 0 Å². The maximum atomic E-state index is 6.05. The predicted octanol–water partition coefficient (Wildman–Crippen LogP) is 5.50. The average Bonchev–Trinajstić information content (AvgIpc) is 2.91. The minimum absolute atomic E-state index is 0.0477. The molecule has 0 fully saturated rings. The molecule has 2 aromatic carbocycles. The van der Waals surface area contributed by atoms with Gasteiger partial charge in [0.05, 0.1) is 6.04 Å². The van der Waals surface area contributed by atoms with Crippen molar-refractivity contribution in [2.24, 2.45) is 0 Å². The Balaban J connectivity index is 2.10. The van der Waals surface area contributed by atoms with Crippen LogP contribution in [0.15, 0.2) is 57.4 Å². The monoisotopic (exact) mass is 455 g/mol. The lowest BCUT2D eigenvalue weighted by Gasteiger charge is -2.18. The van der Waals surface area contributed by atoms with Gasteiger partial charge >= 0.3 is 0 Å². The van der Waals surface area contributed by atoms with Crippen molar-refractivity contribution in [3.8, 4) is 0 Å². The van der Waals surface area contributed by atoms with Gasteiger partial charge in [-0.3, -0.25) is 0 Å². The van der Waals surface area contributed by atoms with E-state index >= 15 is 0 Å². The van der Waals surface area contributed by atoms with E-state index in [1.165, 1.54) is 9.13 Å². The summed E-state index contributed by atoms with van der Waals surface area (Å²) < 4.78 is 8.35. The molecule has 0 aliphatic rings. The number of benzene rings is 2. The molecule has 21 heavy (non-hydrogen) atoms. The van der Waals surface area contributed by atoms with Crippen LogP contribution in [0.3, 0.4) is 0 Å². The Kier molecular flexibility index (Phi) is 4.66. The highest BCUT2D eigenvalue weighted by atomic mass is 127. The first kappa shape index (κ1) is 15.1. The maximum Gasteiger partial charge on any atom is 0.134 e. The van der Waals surface area contributed by atoms with Gasteiger partial charge in [0, 0.05) is 13.4 Å². The van der Waals surface area contributed by atoms with E-state index in [9.17, 15) is 0 Å². The first-order valence-corrected chi connectivity index (χ1v) is 8.73. The van der Waals surface area contributed by atoms with Gasteiger partial charge in [-0.15, -0.1) is 0 Å². The summed E-state index contributed by atoms with van der Waals surface area (Å²) in [5.41, 5.74) is 2.12. The summed E-state index contributed by atoms with van der Waals surface area (Å²) in [6, 6.07) is 16.7. The van der Waals surface area contributed by atoms with Crippen LogP contribution in [-0.4, -0.2) is 6.54 Å². The molecular formula is C17H15BrINO. The molecule has 1 unspecified atom stereocenters. The zero-order valence-electron chi connectivity index (χ0n) is 11.6. The number of fused-ring (bicyclic) bond motifs is 1. The molecule has 3 rings (SSSR count). The van der Waals surface area contributed by atoms with Crippen molar-refractivity contribution >= 4 is 49.5 Å². The molecule has 0 aliphatic heterocycles. The molecule has 0 bridgehead atoms. The lowest BCUT2D eigenvalue weighted by molar-refractivity contribution is 0.476. The van der Waals surface area contributed by atoms with Crippen molar-refractivity contribution < 1.29 is 4.42 Å². The highest BCUT2D eigenvalue weighted by Gasteiger charge is 2.20. The Morgan fingerprint density at radius 1 is 1.19 bits per heavy atom. The molecule has 2 nitrogen and oxygen atoms in total. The standard InChI is InChI=1S/C17H15BrINO/c1-2-20-17(13-10-12(19)7-8-14(13)18)16-9-11-5-3-4-6-15(11)21-16/h3-10,17,20H,2H2,1H3. The second kappa shape index (κ2) is 6.50. The van der Waals surface area contributed by atoms with E-state index in [1.807, 2.05) is 18.2 Å². The van der Waals surface area contributed by atoms with Crippen LogP contribution in [0.25, 0.3) is 11.0 Å². The topological polar surface area (TPSA) is 25.2 Å². The van der Waals surface area contributed by atoms with Gasteiger partial charge in [-0.2, -0.15) is 0 Å². The summed E-state index contributed by atoms with van der Waals surface area (Å²) in [5, 5.41) is 4.65. The Bertz CT molecular complexity index is 735. The molecule has 0 saturated heterocycles. The molecule has 0 radical (unpaired) electrons. The molecular weight excluding hydrogens is 441 g/mol. The van der Waals surface area contributed by atoms with Crippen molar-refractivity contribution in [2.75, 3.05) is 6.54 Å². The Labute approximate surface area is 146 Å². The van der Waals surface area contributed by atoms with Crippen LogP contribution in [0.1, 0.15) is 24.3 Å². The van der Waals surface area contributed by atoms with Crippen molar-refractivity contribution in [3.63, 3.8) is 0 Å². The molecule has 108 valence electrons. The molecule has 0 spiro atoms. The molecule has 1 atom stereocenters. The normalized spacial score (nSPS) is 12.7. The summed E-state index contributed by atoms with van der Waals surface area (Å²) >= 11 is 6.00. The Hall–Kier alpha value is -0.850. The number of furan rings is 1. The van der Waals surface area contributed by atoms with E-state index in [4.69, 9.17) is 4.42 Å². The number of hydrogen-bond acceptors (Lipinski definition) is 2. The maximum absolute atomic E-state index is 6.05. The quantitative estimate of drug-likeness (QED) is 0.525. The lowest BCUT2D eigenvalue weighted by atomic mass is 10.0. The summed E-state index contributed by atoms with van der Waals surface area (Å²) in [6.07, 6.45) is 0. The molecule has 0 aliphatic carbocycles. The van der Waals surface area contributed by atoms with Gasteiger partial charge in [0.25, 0.3) is 0 Å². The van der Waals surface area contributed by atoms with Crippen LogP contribution in [-0.2, 0) is 0 Å². The smallest absolute Gasteiger partial charge is 0.134 e. The number of nitrogens with one attached hydrogen (secondary N) is 1. The van der Waals surface area contributed by atoms with Crippen molar-refractivity contribution in [3.05, 3.63) is 67.9 Å². The first-order chi connectivity index (χ1) is 10.2. The van der Waals surface area contributed by atoms with Gasteiger partial charge in [-0.25, -0.2) is 0 Å². The number of para-hydroxylation sites is 1. The fourth-order valence-corrected chi connectivity index (χ4v) is 3.44. The molecule has 1 aromatic heterocycles. The fraction of sp³-hybridized carbons (Fsp3) is 0.176. The van der Waals surface area contributed by atoms with E-state index in [1.54, 1.807) is 0 Å². The third-order valence-corrected chi connectivity index (χ3v) is 4.80. The SMILES string of the molecule is CCNC(c1cc2ccccc2o1)c1cc(I)ccc1Br. The number of rotatable bonds is 4. The van der Waals surface area contributed by atoms with Gasteiger partial charge in [-0.05, 0) is 65.0 Å². The minimum Gasteiger partial charge on any atom is -0.459 e. The second-order valence-electron chi connectivity index (χ2n) is 4.84. The molecule has 0 saturated carbocycles. The van der Waals surface area contributed by atoms with E-state index in [-0.39, 0.29) is 6.04 Å².